The lowest BCUT2D eigenvalue weighted by atomic mass is 10.1. The number of aliphatic imine (C=N–C) groups is 1. The van der Waals surface area contributed by atoms with Crippen LogP contribution < -0.4 is 5.32 Å². The minimum atomic E-state index is -0.199. The highest BCUT2D eigenvalue weighted by Gasteiger charge is 2.17. The number of anilines is 1. The standard InChI is InChI=1S/C28H37N3O2S2/c1-8-11-13-21(5)23(7)27(34)30-28(31(19-32)25(10-3)14-12-9-2)35-18-26(33)29-24-16-15-20(4)22(6)17-24/h9-10,12-17,19,34H,3,8,11,18H2,1-2,4-7H3,(H,29,33)/b12-9-,21-13+,25-14+,27-23-,30-28+. The van der Waals surface area contributed by atoms with Crippen LogP contribution in [-0.4, -0.2) is 28.1 Å². The summed E-state index contributed by atoms with van der Waals surface area (Å²) < 4.78 is 0. The van der Waals surface area contributed by atoms with Crippen molar-refractivity contribution in [3.8, 4) is 0 Å². The van der Waals surface area contributed by atoms with Crippen LogP contribution in [0.2, 0.25) is 0 Å². The Morgan fingerprint density at radius 2 is 1.97 bits per heavy atom. The highest BCUT2D eigenvalue weighted by molar-refractivity contribution is 8.14. The van der Waals surface area contributed by atoms with Crippen LogP contribution >= 0.6 is 24.4 Å². The quantitative estimate of drug-likeness (QED) is 0.107. The second kappa shape index (κ2) is 16.0. The molecule has 0 spiro atoms. The average Bonchev–Trinajstić information content (AvgIpc) is 2.84. The third-order valence-corrected chi connectivity index (χ3v) is 6.64. The predicted octanol–water partition coefficient (Wildman–Crippen LogP) is 7.34. The molecular weight excluding hydrogens is 474 g/mol. The molecule has 0 aliphatic carbocycles. The highest BCUT2D eigenvalue weighted by atomic mass is 32.2. The van der Waals surface area contributed by atoms with Crippen LogP contribution in [0.3, 0.4) is 0 Å². The molecule has 0 unspecified atom stereocenters. The molecule has 2 amide bonds. The number of rotatable bonds is 11. The van der Waals surface area contributed by atoms with Crippen LogP contribution in [0.25, 0.3) is 0 Å². The molecule has 7 heteroatoms. The maximum Gasteiger partial charge on any atom is 0.234 e. The molecule has 1 aromatic rings. The Morgan fingerprint density at radius 1 is 1.26 bits per heavy atom. The smallest absolute Gasteiger partial charge is 0.234 e. The van der Waals surface area contributed by atoms with E-state index in [2.05, 4.69) is 42.5 Å². The first-order chi connectivity index (χ1) is 16.7. The van der Waals surface area contributed by atoms with Gasteiger partial charge in [-0.1, -0.05) is 56.0 Å². The van der Waals surface area contributed by atoms with Crippen LogP contribution in [0.5, 0.6) is 0 Å². The average molecular weight is 512 g/mol. The molecule has 0 fully saturated rings. The van der Waals surface area contributed by atoms with Gasteiger partial charge in [0.25, 0.3) is 0 Å². The van der Waals surface area contributed by atoms with Crippen molar-refractivity contribution in [1.29, 1.82) is 0 Å². The molecule has 0 bridgehead atoms. The van der Waals surface area contributed by atoms with Gasteiger partial charge in [0.05, 0.1) is 16.5 Å². The number of amides is 2. The Balaban J connectivity index is 3.30. The molecule has 1 aromatic carbocycles. The fourth-order valence-electron chi connectivity index (χ4n) is 2.82. The maximum absolute atomic E-state index is 12.7. The number of nitrogens with zero attached hydrogens (tertiary/aromatic N) is 2. The molecule has 0 aliphatic heterocycles. The topological polar surface area (TPSA) is 61.8 Å². The lowest BCUT2D eigenvalue weighted by molar-refractivity contribution is -0.114. The molecule has 0 aliphatic rings. The van der Waals surface area contributed by atoms with E-state index in [0.29, 0.717) is 22.3 Å². The van der Waals surface area contributed by atoms with Crippen molar-refractivity contribution in [2.75, 3.05) is 11.1 Å². The second-order valence-corrected chi connectivity index (χ2v) is 9.32. The minimum Gasteiger partial charge on any atom is -0.325 e. The number of amidine groups is 1. The van der Waals surface area contributed by atoms with Gasteiger partial charge in [0, 0.05) is 5.69 Å². The van der Waals surface area contributed by atoms with Crippen molar-refractivity contribution in [2.45, 2.75) is 54.4 Å². The van der Waals surface area contributed by atoms with Crippen molar-refractivity contribution in [1.82, 2.24) is 4.90 Å². The van der Waals surface area contributed by atoms with Crippen LogP contribution in [0.4, 0.5) is 5.69 Å². The summed E-state index contributed by atoms with van der Waals surface area (Å²) >= 11 is 5.77. The van der Waals surface area contributed by atoms with Crippen LogP contribution in [0.15, 0.2) is 82.0 Å². The molecule has 1 rings (SSSR count). The first kappa shape index (κ1) is 30.3. The van der Waals surface area contributed by atoms with Gasteiger partial charge in [-0.3, -0.25) is 14.5 Å². The van der Waals surface area contributed by atoms with Crippen LogP contribution in [0.1, 0.15) is 51.7 Å². The molecule has 35 heavy (non-hydrogen) atoms. The number of aryl methyl sites for hydroxylation is 2. The summed E-state index contributed by atoms with van der Waals surface area (Å²) in [6, 6.07) is 5.77. The monoisotopic (exact) mass is 511 g/mol. The van der Waals surface area contributed by atoms with E-state index in [-0.39, 0.29) is 11.7 Å². The Bertz CT molecular complexity index is 1070. The van der Waals surface area contributed by atoms with Crippen LogP contribution in [-0.2, 0) is 9.59 Å². The summed E-state index contributed by atoms with van der Waals surface area (Å²) in [7, 11) is 0. The Labute approximate surface area is 220 Å². The molecule has 0 radical (unpaired) electrons. The number of thiol groups is 1. The van der Waals surface area contributed by atoms with E-state index < -0.39 is 0 Å². The van der Waals surface area contributed by atoms with E-state index in [1.165, 1.54) is 4.90 Å². The van der Waals surface area contributed by atoms with Crippen molar-refractivity contribution < 1.29 is 9.59 Å². The first-order valence-electron chi connectivity index (χ1n) is 11.5. The van der Waals surface area contributed by atoms with E-state index in [0.717, 1.165) is 52.6 Å². The van der Waals surface area contributed by atoms with E-state index in [9.17, 15) is 9.59 Å². The normalized spacial score (nSPS) is 13.5. The number of allylic oxidation sites excluding steroid dienone is 7. The highest BCUT2D eigenvalue weighted by Crippen LogP contribution is 2.23. The van der Waals surface area contributed by atoms with Gasteiger partial charge in [0.2, 0.25) is 12.3 Å². The zero-order valence-electron chi connectivity index (χ0n) is 21.6. The predicted molar refractivity (Wildman–Crippen MR) is 156 cm³/mol. The van der Waals surface area contributed by atoms with Gasteiger partial charge in [0.1, 0.15) is 0 Å². The number of nitrogens with one attached hydrogen (secondary N) is 1. The number of hydrogen-bond acceptors (Lipinski definition) is 5. The lowest BCUT2D eigenvalue weighted by Crippen LogP contribution is -2.28. The molecule has 0 heterocycles. The number of unbranched alkanes of at least 4 members (excludes halogenated alkanes) is 1. The fraction of sp³-hybridized carbons (Fsp3) is 0.321. The summed E-state index contributed by atoms with van der Waals surface area (Å²) in [4.78, 5) is 30.8. The van der Waals surface area contributed by atoms with Gasteiger partial charge in [-0.15, -0.1) is 12.6 Å². The molecule has 188 valence electrons. The summed E-state index contributed by atoms with van der Waals surface area (Å²) in [5, 5.41) is 3.72. The molecule has 0 saturated carbocycles. The van der Waals surface area contributed by atoms with Gasteiger partial charge >= 0.3 is 0 Å². The van der Waals surface area contributed by atoms with E-state index >= 15 is 0 Å². The second-order valence-electron chi connectivity index (χ2n) is 7.95. The van der Waals surface area contributed by atoms with Crippen molar-refractivity contribution in [2.24, 2.45) is 4.99 Å². The van der Waals surface area contributed by atoms with E-state index in [1.807, 2.05) is 65.0 Å². The third-order valence-electron chi connectivity index (χ3n) is 5.25. The Morgan fingerprint density at radius 3 is 2.54 bits per heavy atom. The number of carbonyl (C=O) groups excluding carboxylic acids is 2. The van der Waals surface area contributed by atoms with Gasteiger partial charge < -0.3 is 5.32 Å². The SMILES string of the molecule is C=C/C(=C\C=C/C)N(C=O)\C(=N/C(S)=C(C)/C(C)=C/CCC)SCC(=O)Nc1ccc(C)c(C)c1. The molecule has 1 N–H and O–H groups in total. The molecule has 0 atom stereocenters. The van der Waals surface area contributed by atoms with Gasteiger partial charge in [-0.05, 0) is 87.6 Å². The lowest BCUT2D eigenvalue weighted by Gasteiger charge is -2.20. The zero-order chi connectivity index (χ0) is 26.4. The number of thioether (sulfide) groups is 1. The Kier molecular flexibility index (Phi) is 13.8. The van der Waals surface area contributed by atoms with Gasteiger partial charge in [-0.2, -0.15) is 0 Å². The van der Waals surface area contributed by atoms with Gasteiger partial charge in [-0.25, -0.2) is 4.99 Å². The van der Waals surface area contributed by atoms with Crippen LogP contribution in [0, 0.1) is 13.8 Å². The van der Waals surface area contributed by atoms with E-state index in [4.69, 9.17) is 0 Å². The zero-order valence-corrected chi connectivity index (χ0v) is 23.3. The first-order valence-corrected chi connectivity index (χ1v) is 13.0. The summed E-state index contributed by atoms with van der Waals surface area (Å²) in [6.07, 6.45) is 11.8. The Hall–Kier alpha value is -2.77. The number of benzene rings is 1. The van der Waals surface area contributed by atoms with Crippen molar-refractivity contribution >= 4 is 47.6 Å². The number of carbonyl (C=O) groups is 2. The summed E-state index contributed by atoms with van der Waals surface area (Å²) in [5.41, 5.74) is 5.50. The van der Waals surface area contributed by atoms with Gasteiger partial charge in [0.15, 0.2) is 5.17 Å². The summed E-state index contributed by atoms with van der Waals surface area (Å²) in [5.74, 6) is -0.135. The fourth-order valence-corrected chi connectivity index (χ4v) is 3.94. The van der Waals surface area contributed by atoms with Crippen molar-refractivity contribution in [3.63, 3.8) is 0 Å². The number of hydrogen-bond donors (Lipinski definition) is 2. The van der Waals surface area contributed by atoms with Crippen molar-refractivity contribution in [3.05, 3.63) is 88.2 Å². The minimum absolute atomic E-state index is 0.0644. The van der Waals surface area contributed by atoms with E-state index in [1.54, 1.807) is 12.2 Å². The third kappa shape index (κ3) is 10.2. The molecule has 5 nitrogen and oxygen atoms in total. The maximum atomic E-state index is 12.7. The largest absolute Gasteiger partial charge is 0.325 e. The summed E-state index contributed by atoms with van der Waals surface area (Å²) in [6.45, 7) is 15.8. The molecular formula is C28H37N3O2S2. The molecule has 0 aromatic heterocycles. The molecule has 0 saturated heterocycles.